The maximum Gasteiger partial charge on any atom is 0.320 e. The Labute approximate surface area is 218 Å². The Morgan fingerprint density at radius 3 is 2.49 bits per heavy atom. The SMILES string of the molecule is CCOC(=O)C(Cc1ccc(CN2CCCN(c3nc4ccc(Cl)cc4s3)CC2)s1)C(=O)OCC. The molecule has 4 rings (SSSR count). The van der Waals surface area contributed by atoms with Gasteiger partial charge in [-0.05, 0) is 50.6 Å². The van der Waals surface area contributed by atoms with Crippen LogP contribution < -0.4 is 4.90 Å². The highest BCUT2D eigenvalue weighted by Gasteiger charge is 2.30. The molecule has 0 spiro atoms. The van der Waals surface area contributed by atoms with Crippen LogP contribution in [-0.2, 0) is 32.0 Å². The van der Waals surface area contributed by atoms with Crippen LogP contribution >= 0.6 is 34.3 Å². The van der Waals surface area contributed by atoms with Gasteiger partial charge in [0.2, 0.25) is 0 Å². The van der Waals surface area contributed by atoms with Crippen LogP contribution in [0.1, 0.15) is 30.0 Å². The van der Waals surface area contributed by atoms with Crippen molar-refractivity contribution < 1.29 is 19.1 Å². The van der Waals surface area contributed by atoms with E-state index in [-0.39, 0.29) is 13.2 Å². The molecular weight excluding hydrogens is 506 g/mol. The molecule has 0 amide bonds. The number of hydrogen-bond donors (Lipinski definition) is 0. The van der Waals surface area contributed by atoms with E-state index in [2.05, 4.69) is 15.9 Å². The molecule has 1 aliphatic rings. The van der Waals surface area contributed by atoms with Crippen molar-refractivity contribution in [3.8, 4) is 0 Å². The van der Waals surface area contributed by atoms with Gasteiger partial charge in [0.1, 0.15) is 0 Å². The molecule has 0 aliphatic carbocycles. The zero-order chi connectivity index (χ0) is 24.8. The Morgan fingerprint density at radius 1 is 1.00 bits per heavy atom. The number of esters is 2. The van der Waals surface area contributed by atoms with E-state index >= 15 is 0 Å². The molecule has 2 aromatic heterocycles. The first-order valence-electron chi connectivity index (χ1n) is 11.9. The summed E-state index contributed by atoms with van der Waals surface area (Å²) in [6.07, 6.45) is 1.36. The van der Waals surface area contributed by atoms with Gasteiger partial charge in [-0.3, -0.25) is 14.5 Å². The number of thiazole rings is 1. The molecule has 1 fully saturated rings. The van der Waals surface area contributed by atoms with Gasteiger partial charge in [0, 0.05) is 53.9 Å². The lowest BCUT2D eigenvalue weighted by atomic mass is 10.1. The fourth-order valence-electron chi connectivity index (χ4n) is 4.13. The highest BCUT2D eigenvalue weighted by molar-refractivity contribution is 7.22. The summed E-state index contributed by atoms with van der Waals surface area (Å²) in [6.45, 7) is 8.63. The zero-order valence-corrected chi connectivity index (χ0v) is 22.4. The van der Waals surface area contributed by atoms with Crippen LogP contribution in [0.2, 0.25) is 5.02 Å². The minimum atomic E-state index is -0.920. The van der Waals surface area contributed by atoms with Crippen molar-refractivity contribution in [1.29, 1.82) is 0 Å². The van der Waals surface area contributed by atoms with E-state index in [1.165, 1.54) is 4.88 Å². The van der Waals surface area contributed by atoms with Crippen molar-refractivity contribution in [2.45, 2.75) is 33.2 Å². The molecule has 0 saturated carbocycles. The highest BCUT2D eigenvalue weighted by atomic mass is 35.5. The van der Waals surface area contributed by atoms with E-state index in [0.717, 1.165) is 64.4 Å². The van der Waals surface area contributed by atoms with Gasteiger partial charge in [-0.15, -0.1) is 11.3 Å². The van der Waals surface area contributed by atoms with Crippen molar-refractivity contribution in [2.24, 2.45) is 5.92 Å². The molecule has 35 heavy (non-hydrogen) atoms. The predicted octanol–water partition coefficient (Wildman–Crippen LogP) is 5.01. The molecule has 0 N–H and O–H groups in total. The molecule has 0 bridgehead atoms. The van der Waals surface area contributed by atoms with E-state index < -0.39 is 17.9 Å². The Bertz CT molecular complexity index is 1150. The third-order valence-corrected chi connectivity index (χ3v) is 8.25. The zero-order valence-electron chi connectivity index (χ0n) is 20.0. The first-order valence-corrected chi connectivity index (χ1v) is 13.9. The first kappa shape index (κ1) is 25.9. The number of rotatable bonds is 9. The summed E-state index contributed by atoms with van der Waals surface area (Å²) in [5, 5.41) is 1.78. The Kier molecular flexibility index (Phi) is 8.99. The Hall–Kier alpha value is -2.20. The summed E-state index contributed by atoms with van der Waals surface area (Å²) in [5.41, 5.74) is 0.991. The number of ether oxygens (including phenoxy) is 2. The summed E-state index contributed by atoms with van der Waals surface area (Å²) in [7, 11) is 0. The Balaban J connectivity index is 1.35. The van der Waals surface area contributed by atoms with Crippen LogP contribution in [0.25, 0.3) is 10.2 Å². The van der Waals surface area contributed by atoms with Crippen LogP contribution in [0.5, 0.6) is 0 Å². The summed E-state index contributed by atoms with van der Waals surface area (Å²) >= 11 is 9.47. The average molecular weight is 536 g/mol. The van der Waals surface area contributed by atoms with E-state index in [9.17, 15) is 9.59 Å². The van der Waals surface area contributed by atoms with E-state index in [0.29, 0.717) is 6.42 Å². The van der Waals surface area contributed by atoms with Crippen LogP contribution in [-0.4, -0.2) is 61.2 Å². The van der Waals surface area contributed by atoms with Crippen LogP contribution in [0, 0.1) is 5.92 Å². The van der Waals surface area contributed by atoms with Crippen molar-refractivity contribution in [1.82, 2.24) is 9.88 Å². The standard InChI is InChI=1S/C25H30ClN3O4S2/c1-3-32-23(30)20(24(31)33-4-2)15-18-7-8-19(34-18)16-28-10-5-11-29(13-12-28)25-27-21-9-6-17(26)14-22(21)35-25/h6-9,14,20H,3-5,10-13,15-16H2,1-2H3. The number of thiophene rings is 1. The van der Waals surface area contributed by atoms with E-state index in [1.807, 2.05) is 24.3 Å². The number of carbonyl (C=O) groups excluding carboxylic acids is 2. The molecule has 0 atom stereocenters. The van der Waals surface area contributed by atoms with Gasteiger partial charge in [-0.25, -0.2) is 4.98 Å². The number of carbonyl (C=O) groups is 2. The maximum absolute atomic E-state index is 12.3. The predicted molar refractivity (Wildman–Crippen MR) is 142 cm³/mol. The lowest BCUT2D eigenvalue weighted by molar-refractivity contribution is -0.161. The van der Waals surface area contributed by atoms with Gasteiger partial charge >= 0.3 is 11.9 Å². The topological polar surface area (TPSA) is 72.0 Å². The van der Waals surface area contributed by atoms with Gasteiger partial charge < -0.3 is 14.4 Å². The third kappa shape index (κ3) is 6.73. The van der Waals surface area contributed by atoms with Crippen LogP contribution in [0.15, 0.2) is 30.3 Å². The summed E-state index contributed by atoms with van der Waals surface area (Å²) in [4.78, 5) is 36.4. The number of benzene rings is 1. The normalized spacial score (nSPS) is 14.9. The third-order valence-electron chi connectivity index (χ3n) is 5.84. The van der Waals surface area contributed by atoms with Crippen molar-refractivity contribution in [3.63, 3.8) is 0 Å². The van der Waals surface area contributed by atoms with E-state index in [1.54, 1.807) is 36.5 Å². The summed E-state index contributed by atoms with van der Waals surface area (Å²) < 4.78 is 11.3. The summed E-state index contributed by atoms with van der Waals surface area (Å²) in [6, 6.07) is 9.93. The number of fused-ring (bicyclic) bond motifs is 1. The summed E-state index contributed by atoms with van der Waals surface area (Å²) in [5.74, 6) is -1.96. The second kappa shape index (κ2) is 12.2. The van der Waals surface area contributed by atoms with Crippen molar-refractivity contribution >= 4 is 61.6 Å². The maximum atomic E-state index is 12.3. The molecule has 3 aromatic rings. The average Bonchev–Trinajstić information content (AvgIpc) is 3.38. The number of nitrogens with zero attached hydrogens (tertiary/aromatic N) is 3. The molecular formula is C25H30ClN3O4S2. The number of aromatic nitrogens is 1. The lowest BCUT2D eigenvalue weighted by Crippen LogP contribution is -2.30. The van der Waals surface area contributed by atoms with Gasteiger partial charge in [0.25, 0.3) is 0 Å². The van der Waals surface area contributed by atoms with Crippen LogP contribution in [0.3, 0.4) is 0 Å². The Morgan fingerprint density at radius 2 is 1.74 bits per heavy atom. The fourth-order valence-corrected chi connectivity index (χ4v) is 6.53. The number of anilines is 1. The highest BCUT2D eigenvalue weighted by Crippen LogP contribution is 2.31. The van der Waals surface area contributed by atoms with Gasteiger partial charge in [-0.1, -0.05) is 22.9 Å². The van der Waals surface area contributed by atoms with Gasteiger partial charge in [0.15, 0.2) is 11.0 Å². The van der Waals surface area contributed by atoms with E-state index in [4.69, 9.17) is 26.1 Å². The molecule has 3 heterocycles. The molecule has 0 radical (unpaired) electrons. The quantitative estimate of drug-likeness (QED) is 0.282. The molecule has 10 heteroatoms. The minimum absolute atomic E-state index is 0.237. The minimum Gasteiger partial charge on any atom is -0.465 e. The first-order chi connectivity index (χ1) is 17.0. The second-order valence-corrected chi connectivity index (χ2v) is 11.1. The molecule has 7 nitrogen and oxygen atoms in total. The number of hydrogen-bond acceptors (Lipinski definition) is 9. The molecule has 1 aliphatic heterocycles. The molecule has 0 unspecified atom stereocenters. The van der Waals surface area contributed by atoms with Crippen molar-refractivity contribution in [3.05, 3.63) is 45.1 Å². The second-order valence-electron chi connectivity index (χ2n) is 8.35. The van der Waals surface area contributed by atoms with Crippen molar-refractivity contribution in [2.75, 3.05) is 44.3 Å². The molecule has 1 aromatic carbocycles. The number of halogens is 1. The van der Waals surface area contributed by atoms with Gasteiger partial charge in [0.05, 0.1) is 23.4 Å². The smallest absolute Gasteiger partial charge is 0.320 e. The molecule has 188 valence electrons. The molecule has 1 saturated heterocycles. The monoisotopic (exact) mass is 535 g/mol. The lowest BCUT2D eigenvalue weighted by Gasteiger charge is -2.21. The van der Waals surface area contributed by atoms with Gasteiger partial charge in [-0.2, -0.15) is 0 Å². The largest absolute Gasteiger partial charge is 0.465 e. The fraction of sp³-hybridized carbons (Fsp3) is 0.480. The van der Waals surface area contributed by atoms with Crippen LogP contribution in [0.4, 0.5) is 5.13 Å².